The highest BCUT2D eigenvalue weighted by Gasteiger charge is 2.55. The van der Waals surface area contributed by atoms with Gasteiger partial charge in [-0.1, -0.05) is 25.8 Å². The highest BCUT2D eigenvalue weighted by molar-refractivity contribution is 7.09. The number of methoxy groups -OCH3 is 1. The first-order valence-electron chi connectivity index (χ1n) is 10.6. The van der Waals surface area contributed by atoms with Crippen molar-refractivity contribution in [1.82, 2.24) is 10.2 Å². The quantitative estimate of drug-likeness (QED) is 0.692. The zero-order chi connectivity index (χ0) is 22.0. The summed E-state index contributed by atoms with van der Waals surface area (Å²) in [6.45, 7) is 2.09. The second-order valence-electron chi connectivity index (χ2n) is 8.20. The fraction of sp³-hybridized carbons (Fsp3) is 0.435. The third kappa shape index (κ3) is 4.04. The molecular weight excluding hydrogens is 414 g/mol. The lowest BCUT2D eigenvalue weighted by Gasteiger charge is -2.36. The predicted octanol–water partition coefficient (Wildman–Crippen LogP) is 3.79. The smallest absolute Gasteiger partial charge is 0.325 e. The van der Waals surface area contributed by atoms with Gasteiger partial charge in [0.1, 0.15) is 17.8 Å². The highest BCUT2D eigenvalue weighted by atomic mass is 32.1. The number of carbonyl (C=O) groups excluding carboxylic acids is 3. The van der Waals surface area contributed by atoms with E-state index >= 15 is 0 Å². The molecule has 2 aromatic rings. The lowest BCUT2D eigenvalue weighted by atomic mass is 9.73. The number of amides is 4. The molecule has 1 aromatic heterocycles. The summed E-state index contributed by atoms with van der Waals surface area (Å²) < 4.78 is 5.22. The number of anilines is 1. The van der Waals surface area contributed by atoms with Gasteiger partial charge in [-0.15, -0.1) is 11.3 Å². The van der Waals surface area contributed by atoms with Gasteiger partial charge < -0.3 is 15.0 Å². The van der Waals surface area contributed by atoms with E-state index in [9.17, 15) is 14.4 Å². The minimum absolute atomic E-state index is 0.0570. The van der Waals surface area contributed by atoms with E-state index in [1.54, 1.807) is 47.6 Å². The topological polar surface area (TPSA) is 79.0 Å². The van der Waals surface area contributed by atoms with E-state index in [1.807, 2.05) is 24.4 Å². The van der Waals surface area contributed by atoms with Crippen LogP contribution in [-0.2, 0) is 16.1 Å². The van der Waals surface area contributed by atoms with Crippen LogP contribution in [0.4, 0.5) is 10.5 Å². The van der Waals surface area contributed by atoms with E-state index in [0.29, 0.717) is 24.4 Å². The van der Waals surface area contributed by atoms with Crippen LogP contribution in [0.5, 0.6) is 5.75 Å². The Bertz CT molecular complexity index is 960. The van der Waals surface area contributed by atoms with Crippen molar-refractivity contribution in [1.29, 1.82) is 0 Å². The molecule has 1 saturated heterocycles. The van der Waals surface area contributed by atoms with Gasteiger partial charge in [-0.05, 0) is 54.5 Å². The normalized spacial score (nSPS) is 23.2. The third-order valence-electron chi connectivity index (χ3n) is 6.37. The van der Waals surface area contributed by atoms with Crippen LogP contribution in [0.15, 0.2) is 41.8 Å². The molecule has 1 spiro atoms. The van der Waals surface area contributed by atoms with Crippen LogP contribution < -0.4 is 15.0 Å². The molecule has 164 valence electrons. The standard InChI is InChI=1S/C23H27N3O4S/c1-16-6-3-4-12-23(16)21(28)26(22(29)24-23)15-20(27)25(14-19-7-5-13-31-19)17-8-10-18(30-2)11-9-17/h5,7-11,13,16H,3-4,6,12,14-15H2,1-2H3,(H,24,29)/t16-,23+/m1/s1. The molecule has 2 aliphatic rings. The van der Waals surface area contributed by atoms with E-state index in [4.69, 9.17) is 4.74 Å². The van der Waals surface area contributed by atoms with Crippen molar-refractivity contribution in [3.8, 4) is 5.75 Å². The number of hydrogen-bond acceptors (Lipinski definition) is 5. The lowest BCUT2D eigenvalue weighted by molar-refractivity contribution is -0.136. The number of nitrogens with one attached hydrogen (secondary N) is 1. The van der Waals surface area contributed by atoms with Gasteiger partial charge in [-0.25, -0.2) is 4.79 Å². The minimum Gasteiger partial charge on any atom is -0.497 e. The Kier molecular flexibility index (Phi) is 6.00. The molecule has 1 N–H and O–H groups in total. The number of carbonyl (C=O) groups is 3. The summed E-state index contributed by atoms with van der Waals surface area (Å²) in [7, 11) is 1.59. The van der Waals surface area contributed by atoms with Crippen LogP contribution in [-0.4, -0.2) is 41.9 Å². The summed E-state index contributed by atoms with van der Waals surface area (Å²) in [5.41, 5.74) is -0.180. The molecule has 0 radical (unpaired) electrons. The van der Waals surface area contributed by atoms with E-state index in [0.717, 1.165) is 29.0 Å². The Balaban J connectivity index is 1.56. The van der Waals surface area contributed by atoms with Crippen molar-refractivity contribution in [3.63, 3.8) is 0 Å². The minimum atomic E-state index is -0.867. The van der Waals surface area contributed by atoms with Crippen LogP contribution in [0.25, 0.3) is 0 Å². The van der Waals surface area contributed by atoms with Gasteiger partial charge in [-0.2, -0.15) is 0 Å². The number of rotatable bonds is 6. The van der Waals surface area contributed by atoms with Crippen molar-refractivity contribution in [2.24, 2.45) is 5.92 Å². The molecule has 2 fully saturated rings. The Hall–Kier alpha value is -2.87. The Labute approximate surface area is 186 Å². The number of ether oxygens (including phenoxy) is 1. The molecule has 2 atom stereocenters. The third-order valence-corrected chi connectivity index (χ3v) is 7.24. The van der Waals surface area contributed by atoms with E-state index in [-0.39, 0.29) is 24.3 Å². The lowest BCUT2D eigenvalue weighted by Crippen LogP contribution is -2.54. The average Bonchev–Trinajstić information content (AvgIpc) is 3.37. The van der Waals surface area contributed by atoms with Gasteiger partial charge >= 0.3 is 6.03 Å². The molecule has 1 saturated carbocycles. The summed E-state index contributed by atoms with van der Waals surface area (Å²) in [5, 5.41) is 4.87. The molecule has 31 heavy (non-hydrogen) atoms. The molecule has 4 amide bonds. The monoisotopic (exact) mass is 441 g/mol. The molecule has 4 rings (SSSR count). The van der Waals surface area contributed by atoms with Crippen molar-refractivity contribution in [3.05, 3.63) is 46.7 Å². The first kappa shape index (κ1) is 21.4. The van der Waals surface area contributed by atoms with Gasteiger partial charge in [0.2, 0.25) is 5.91 Å². The first-order valence-corrected chi connectivity index (χ1v) is 11.4. The Morgan fingerprint density at radius 2 is 2.03 bits per heavy atom. The molecule has 0 unspecified atom stereocenters. The molecule has 1 aliphatic carbocycles. The number of hydrogen-bond donors (Lipinski definition) is 1. The number of benzene rings is 1. The van der Waals surface area contributed by atoms with E-state index in [1.165, 1.54) is 0 Å². The number of urea groups is 1. The molecule has 8 heteroatoms. The molecule has 2 heterocycles. The van der Waals surface area contributed by atoms with Gasteiger partial charge in [0.05, 0.1) is 13.7 Å². The average molecular weight is 442 g/mol. The maximum absolute atomic E-state index is 13.3. The Morgan fingerprint density at radius 1 is 1.26 bits per heavy atom. The zero-order valence-corrected chi connectivity index (χ0v) is 18.6. The van der Waals surface area contributed by atoms with Crippen molar-refractivity contribution in [2.45, 2.75) is 44.7 Å². The summed E-state index contributed by atoms with van der Waals surface area (Å²) in [5.74, 6) is 0.169. The van der Waals surface area contributed by atoms with E-state index in [2.05, 4.69) is 5.32 Å². The predicted molar refractivity (Wildman–Crippen MR) is 119 cm³/mol. The van der Waals surface area contributed by atoms with Crippen molar-refractivity contribution >= 4 is 34.9 Å². The fourth-order valence-electron chi connectivity index (χ4n) is 4.50. The number of thiophene rings is 1. The largest absolute Gasteiger partial charge is 0.497 e. The second kappa shape index (κ2) is 8.70. The van der Waals surface area contributed by atoms with Crippen molar-refractivity contribution in [2.75, 3.05) is 18.6 Å². The maximum Gasteiger partial charge on any atom is 0.325 e. The first-order chi connectivity index (χ1) is 14.9. The maximum atomic E-state index is 13.3. The van der Waals surface area contributed by atoms with E-state index < -0.39 is 11.6 Å². The molecule has 0 bridgehead atoms. The number of imide groups is 1. The van der Waals surface area contributed by atoms with Crippen LogP contribution in [0.3, 0.4) is 0 Å². The second-order valence-corrected chi connectivity index (χ2v) is 9.23. The summed E-state index contributed by atoms with van der Waals surface area (Å²) in [6.07, 6.45) is 3.47. The van der Waals surface area contributed by atoms with Crippen LogP contribution in [0.1, 0.15) is 37.5 Å². The summed E-state index contributed by atoms with van der Waals surface area (Å²) in [4.78, 5) is 43.0. The Morgan fingerprint density at radius 3 is 2.68 bits per heavy atom. The molecule has 7 nitrogen and oxygen atoms in total. The van der Waals surface area contributed by atoms with Gasteiger partial charge in [0.25, 0.3) is 5.91 Å². The van der Waals surface area contributed by atoms with Crippen LogP contribution >= 0.6 is 11.3 Å². The zero-order valence-electron chi connectivity index (χ0n) is 17.8. The molecule has 1 aliphatic heterocycles. The van der Waals surface area contributed by atoms with Crippen LogP contribution in [0, 0.1) is 5.92 Å². The molecular formula is C23H27N3O4S. The summed E-state index contributed by atoms with van der Waals surface area (Å²) >= 11 is 1.55. The van der Waals surface area contributed by atoms with Gasteiger partial charge in [-0.3, -0.25) is 14.5 Å². The van der Waals surface area contributed by atoms with Crippen molar-refractivity contribution < 1.29 is 19.1 Å². The molecule has 1 aromatic carbocycles. The summed E-state index contributed by atoms with van der Waals surface area (Å²) in [6, 6.07) is 10.6. The SMILES string of the molecule is COc1ccc(N(Cc2cccs2)C(=O)CN2C(=O)N[C@]3(CCCC[C@H]3C)C2=O)cc1. The number of nitrogens with zero attached hydrogens (tertiary/aromatic N) is 2. The highest BCUT2D eigenvalue weighted by Crippen LogP contribution is 2.38. The van der Waals surface area contributed by atoms with Gasteiger partial charge in [0, 0.05) is 10.6 Å². The fourth-order valence-corrected chi connectivity index (χ4v) is 5.20. The van der Waals surface area contributed by atoms with Gasteiger partial charge in [0.15, 0.2) is 0 Å². The van der Waals surface area contributed by atoms with Crippen LogP contribution in [0.2, 0.25) is 0 Å².